The number of carbonyl (C=O) groups is 2. The Balaban J connectivity index is 1.95. The van der Waals surface area contributed by atoms with Gasteiger partial charge in [-0.25, -0.2) is 4.99 Å². The van der Waals surface area contributed by atoms with Crippen LogP contribution in [0.2, 0.25) is 5.02 Å². The molecule has 2 amide bonds. The Kier molecular flexibility index (Phi) is 6.43. The molecule has 146 valence electrons. The van der Waals surface area contributed by atoms with E-state index >= 15 is 0 Å². The quantitative estimate of drug-likeness (QED) is 0.450. The number of nitrogens with zero attached hydrogens (tertiary/aromatic N) is 2. The Morgan fingerprint density at radius 2 is 1.90 bits per heavy atom. The van der Waals surface area contributed by atoms with Gasteiger partial charge in [-0.1, -0.05) is 55.3 Å². The summed E-state index contributed by atoms with van der Waals surface area (Å²) in [6, 6.07) is 15.6. The molecule has 0 radical (unpaired) electrons. The number of nitriles is 1. The van der Waals surface area contributed by atoms with Crippen LogP contribution in [0.1, 0.15) is 41.3 Å². The van der Waals surface area contributed by atoms with Gasteiger partial charge in [-0.3, -0.25) is 9.59 Å². The summed E-state index contributed by atoms with van der Waals surface area (Å²) < 4.78 is 0. The van der Waals surface area contributed by atoms with Crippen molar-refractivity contribution in [3.63, 3.8) is 0 Å². The number of halogens is 1. The number of hydrogen-bond donors (Lipinski definition) is 2. The van der Waals surface area contributed by atoms with E-state index in [-0.39, 0.29) is 23.0 Å². The molecule has 0 aromatic heterocycles. The SMILES string of the molecule is CCCCNC(=O)/C(C#N)=C1\N=C(NC(=O)c2cccc(Cl)c2)c2ccccc21. The highest BCUT2D eigenvalue weighted by molar-refractivity contribution is 6.31. The van der Waals surface area contributed by atoms with Gasteiger partial charge in [-0.2, -0.15) is 5.26 Å². The van der Waals surface area contributed by atoms with Crippen molar-refractivity contribution in [3.05, 3.63) is 75.8 Å². The van der Waals surface area contributed by atoms with Gasteiger partial charge in [0.15, 0.2) is 0 Å². The summed E-state index contributed by atoms with van der Waals surface area (Å²) in [5.74, 6) is -0.570. The third-order valence-electron chi connectivity index (χ3n) is 4.37. The molecule has 6 nitrogen and oxygen atoms in total. The lowest BCUT2D eigenvalue weighted by molar-refractivity contribution is -0.117. The van der Waals surface area contributed by atoms with Gasteiger partial charge in [0.25, 0.3) is 11.8 Å². The van der Waals surface area contributed by atoms with E-state index in [1.165, 1.54) is 0 Å². The van der Waals surface area contributed by atoms with Crippen LogP contribution in [0.25, 0.3) is 5.70 Å². The minimum Gasteiger partial charge on any atom is -0.351 e. The van der Waals surface area contributed by atoms with Crippen molar-refractivity contribution in [1.29, 1.82) is 5.26 Å². The minimum absolute atomic E-state index is 0.0828. The monoisotopic (exact) mass is 406 g/mol. The lowest BCUT2D eigenvalue weighted by atomic mass is 10.0. The number of unbranched alkanes of at least 4 members (excludes halogenated alkanes) is 1. The topological polar surface area (TPSA) is 94.3 Å². The summed E-state index contributed by atoms with van der Waals surface area (Å²) >= 11 is 5.96. The largest absolute Gasteiger partial charge is 0.351 e. The van der Waals surface area contributed by atoms with E-state index < -0.39 is 5.91 Å². The van der Waals surface area contributed by atoms with E-state index in [0.29, 0.717) is 28.3 Å². The molecule has 1 aliphatic heterocycles. The molecule has 7 heteroatoms. The van der Waals surface area contributed by atoms with Crippen LogP contribution in [-0.4, -0.2) is 24.2 Å². The fourth-order valence-corrected chi connectivity index (χ4v) is 3.09. The summed E-state index contributed by atoms with van der Waals surface area (Å²) in [6.07, 6.45) is 1.75. The maximum atomic E-state index is 12.6. The highest BCUT2D eigenvalue weighted by Crippen LogP contribution is 2.30. The molecule has 0 atom stereocenters. The molecule has 0 saturated carbocycles. The summed E-state index contributed by atoms with van der Waals surface area (Å²) in [6.45, 7) is 2.50. The van der Waals surface area contributed by atoms with Crippen molar-refractivity contribution in [1.82, 2.24) is 10.6 Å². The van der Waals surface area contributed by atoms with E-state index in [1.54, 1.807) is 48.5 Å². The lowest BCUT2D eigenvalue weighted by Gasteiger charge is -2.06. The minimum atomic E-state index is -0.475. The Labute approximate surface area is 173 Å². The second-order valence-electron chi connectivity index (χ2n) is 6.42. The van der Waals surface area contributed by atoms with E-state index in [4.69, 9.17) is 11.6 Å². The van der Waals surface area contributed by atoms with Crippen LogP contribution in [0, 0.1) is 11.3 Å². The third-order valence-corrected chi connectivity index (χ3v) is 4.61. The molecule has 0 fully saturated rings. The predicted molar refractivity (Wildman–Crippen MR) is 112 cm³/mol. The van der Waals surface area contributed by atoms with Crippen LogP contribution in [-0.2, 0) is 4.79 Å². The molecule has 3 rings (SSSR count). The molecule has 0 spiro atoms. The van der Waals surface area contributed by atoms with E-state index in [1.807, 2.05) is 13.0 Å². The van der Waals surface area contributed by atoms with Crippen molar-refractivity contribution < 1.29 is 9.59 Å². The first-order valence-corrected chi connectivity index (χ1v) is 9.61. The summed E-state index contributed by atoms with van der Waals surface area (Å²) in [5, 5.41) is 15.5. The van der Waals surface area contributed by atoms with E-state index in [9.17, 15) is 14.9 Å². The molecule has 2 aromatic carbocycles. The Morgan fingerprint density at radius 1 is 1.14 bits per heavy atom. The second kappa shape index (κ2) is 9.18. The number of carbonyl (C=O) groups excluding carboxylic acids is 2. The van der Waals surface area contributed by atoms with Crippen molar-refractivity contribution >= 4 is 34.9 Å². The van der Waals surface area contributed by atoms with Gasteiger partial charge >= 0.3 is 0 Å². The summed E-state index contributed by atoms with van der Waals surface area (Å²) in [5.41, 5.74) is 1.81. The second-order valence-corrected chi connectivity index (χ2v) is 6.85. The van der Waals surface area contributed by atoms with Crippen LogP contribution >= 0.6 is 11.6 Å². The smallest absolute Gasteiger partial charge is 0.264 e. The average Bonchev–Trinajstić information content (AvgIpc) is 3.07. The van der Waals surface area contributed by atoms with Gasteiger partial charge in [-0.05, 0) is 24.6 Å². The number of nitrogens with one attached hydrogen (secondary N) is 2. The first-order chi connectivity index (χ1) is 14.0. The number of rotatable bonds is 5. The molecule has 1 heterocycles. The van der Waals surface area contributed by atoms with Crippen LogP contribution < -0.4 is 10.6 Å². The molecule has 0 aliphatic carbocycles. The molecule has 2 N–H and O–H groups in total. The summed E-state index contributed by atoms with van der Waals surface area (Å²) in [4.78, 5) is 29.5. The molecule has 2 aromatic rings. The van der Waals surface area contributed by atoms with Gasteiger partial charge in [0, 0.05) is 28.3 Å². The number of amidine groups is 1. The molecule has 1 aliphatic rings. The number of fused-ring (bicyclic) bond motifs is 1. The van der Waals surface area contributed by atoms with Gasteiger partial charge in [-0.15, -0.1) is 0 Å². The maximum absolute atomic E-state index is 12.6. The van der Waals surface area contributed by atoms with Crippen molar-refractivity contribution in [2.24, 2.45) is 4.99 Å². The standard InChI is InChI=1S/C22H19ClN4O2/c1-2-3-11-25-22(29)18(13-24)19-16-9-4-5-10-17(16)20(26-19)27-21(28)14-7-6-8-15(23)12-14/h4-10,12H,2-3,11H2,1H3,(H,25,29)(H,26,27,28)/b19-18-. The summed E-state index contributed by atoms with van der Waals surface area (Å²) in [7, 11) is 0. The van der Waals surface area contributed by atoms with Crippen LogP contribution in [0.5, 0.6) is 0 Å². The first kappa shape index (κ1) is 20.3. The highest BCUT2D eigenvalue weighted by atomic mass is 35.5. The van der Waals surface area contributed by atoms with Crippen LogP contribution in [0.4, 0.5) is 0 Å². The van der Waals surface area contributed by atoms with Gasteiger partial charge in [0.2, 0.25) is 0 Å². The Morgan fingerprint density at radius 3 is 2.59 bits per heavy atom. The zero-order valence-electron chi connectivity index (χ0n) is 15.8. The third kappa shape index (κ3) is 4.53. The molecule has 29 heavy (non-hydrogen) atoms. The maximum Gasteiger partial charge on any atom is 0.264 e. The van der Waals surface area contributed by atoms with Gasteiger partial charge < -0.3 is 10.6 Å². The zero-order chi connectivity index (χ0) is 20.8. The lowest BCUT2D eigenvalue weighted by Crippen LogP contribution is -2.30. The number of hydrogen-bond acceptors (Lipinski definition) is 4. The molecule has 0 bridgehead atoms. The number of benzene rings is 2. The van der Waals surface area contributed by atoms with Crippen molar-refractivity contribution in [3.8, 4) is 6.07 Å². The normalized spacial score (nSPS) is 13.8. The number of aliphatic imine (C=N–C) groups is 1. The molecular formula is C22H19ClN4O2. The first-order valence-electron chi connectivity index (χ1n) is 9.23. The fraction of sp³-hybridized carbons (Fsp3) is 0.182. The van der Waals surface area contributed by atoms with Crippen LogP contribution in [0.15, 0.2) is 59.1 Å². The molecular weight excluding hydrogens is 388 g/mol. The highest BCUT2D eigenvalue weighted by Gasteiger charge is 2.27. The van der Waals surface area contributed by atoms with Gasteiger partial charge in [0.05, 0.1) is 5.70 Å². The van der Waals surface area contributed by atoms with Crippen molar-refractivity contribution in [2.75, 3.05) is 6.54 Å². The molecule has 0 unspecified atom stereocenters. The van der Waals surface area contributed by atoms with Crippen LogP contribution in [0.3, 0.4) is 0 Å². The zero-order valence-corrected chi connectivity index (χ0v) is 16.6. The predicted octanol–water partition coefficient (Wildman–Crippen LogP) is 3.68. The average molecular weight is 407 g/mol. The van der Waals surface area contributed by atoms with Gasteiger partial charge in [0.1, 0.15) is 17.5 Å². The number of amides is 2. The molecule has 0 saturated heterocycles. The fourth-order valence-electron chi connectivity index (χ4n) is 2.90. The Hall–Kier alpha value is -3.43. The van der Waals surface area contributed by atoms with E-state index in [0.717, 1.165) is 12.8 Å². The van der Waals surface area contributed by atoms with E-state index in [2.05, 4.69) is 15.6 Å². The van der Waals surface area contributed by atoms with Crippen molar-refractivity contribution in [2.45, 2.75) is 19.8 Å². The Bertz CT molecular complexity index is 1070.